The maximum atomic E-state index is 10.4. The van der Waals surface area contributed by atoms with Crippen LogP contribution in [0.5, 0.6) is 0 Å². The minimum atomic E-state index is -0.693. The molecule has 0 bridgehead atoms. The minimum absolute atomic E-state index is 0.235. The molecule has 2 aromatic heterocycles. The van der Waals surface area contributed by atoms with Crippen LogP contribution in [0.15, 0.2) is 5.03 Å². The molecule has 106 valence electrons. The number of nitrogen functional groups attached to an aromatic ring is 1. The molecule has 8 heteroatoms. The average Bonchev–Trinajstić information content (AvgIpc) is 2.71. The van der Waals surface area contributed by atoms with Crippen molar-refractivity contribution in [1.82, 2.24) is 20.2 Å². The molecule has 0 amide bonds. The third-order valence-corrected chi connectivity index (χ3v) is 5.16. The smallest absolute Gasteiger partial charge is 0.224 e. The summed E-state index contributed by atoms with van der Waals surface area (Å²) in [5.74, 6) is 1.97. The van der Waals surface area contributed by atoms with Crippen LogP contribution in [0.2, 0.25) is 0 Å². The highest BCUT2D eigenvalue weighted by atomic mass is 32.2. The first-order valence-electron chi connectivity index (χ1n) is 6.67. The van der Waals surface area contributed by atoms with E-state index in [1.807, 2.05) is 6.92 Å². The van der Waals surface area contributed by atoms with Gasteiger partial charge in [-0.2, -0.15) is 15.1 Å². The highest BCUT2D eigenvalue weighted by molar-refractivity contribution is 7.99. The lowest BCUT2D eigenvalue weighted by Gasteiger charge is -2.42. The molecule has 0 aromatic carbocycles. The lowest BCUT2D eigenvalue weighted by molar-refractivity contribution is 0.0381. The van der Waals surface area contributed by atoms with Crippen LogP contribution in [0, 0.1) is 0 Å². The number of piperidine rings is 1. The highest BCUT2D eigenvalue weighted by Gasteiger charge is 2.38. The number of hydrogen-bond donors (Lipinski definition) is 3. The lowest BCUT2D eigenvalue weighted by Crippen LogP contribution is -2.52. The van der Waals surface area contributed by atoms with Gasteiger partial charge in [0.15, 0.2) is 5.65 Å². The number of aromatic nitrogens is 4. The summed E-state index contributed by atoms with van der Waals surface area (Å²) >= 11 is 1.71. The van der Waals surface area contributed by atoms with Crippen molar-refractivity contribution in [3.63, 3.8) is 0 Å². The number of anilines is 2. The third-order valence-electron chi connectivity index (χ3n) is 4.04. The molecule has 2 aliphatic rings. The second kappa shape index (κ2) is 3.98. The first-order chi connectivity index (χ1) is 9.53. The summed E-state index contributed by atoms with van der Waals surface area (Å²) in [6.45, 7) is 2.44. The van der Waals surface area contributed by atoms with Crippen molar-refractivity contribution in [3.8, 4) is 0 Å². The summed E-state index contributed by atoms with van der Waals surface area (Å²) in [5, 5.41) is 19.4. The van der Waals surface area contributed by atoms with E-state index in [1.54, 1.807) is 11.8 Å². The summed E-state index contributed by atoms with van der Waals surface area (Å²) in [5.41, 5.74) is 5.78. The zero-order valence-electron chi connectivity index (χ0n) is 11.1. The highest BCUT2D eigenvalue weighted by Crippen LogP contribution is 2.41. The van der Waals surface area contributed by atoms with E-state index in [-0.39, 0.29) is 5.95 Å². The molecule has 0 aliphatic carbocycles. The number of aromatic amines is 1. The van der Waals surface area contributed by atoms with E-state index < -0.39 is 5.60 Å². The molecule has 0 radical (unpaired) electrons. The van der Waals surface area contributed by atoms with Crippen molar-refractivity contribution in [2.24, 2.45) is 0 Å². The molecule has 4 N–H and O–H groups in total. The monoisotopic (exact) mass is 292 g/mol. The first-order valence-corrected chi connectivity index (χ1v) is 7.65. The van der Waals surface area contributed by atoms with Gasteiger partial charge in [0.05, 0.1) is 11.0 Å². The number of aliphatic hydroxyl groups is 1. The van der Waals surface area contributed by atoms with Gasteiger partial charge in [0.1, 0.15) is 10.8 Å². The second-order valence-corrected chi connectivity index (χ2v) is 6.79. The number of H-pyrrole nitrogens is 1. The standard InChI is InChI=1S/C12H16N6OS/c1-12(19)3-2-6-4-20-10-7-8(16-17-10)14-11(13)15-9(7)18(6)5-12/h6,19H,2-5H2,1H3,(H3,13,14,15,16,17)/t6?,12-/m0/s1. The lowest BCUT2D eigenvalue weighted by atomic mass is 9.91. The van der Waals surface area contributed by atoms with E-state index in [0.29, 0.717) is 18.2 Å². The first kappa shape index (κ1) is 12.2. The molecule has 2 atom stereocenters. The molecule has 4 heterocycles. The van der Waals surface area contributed by atoms with Gasteiger partial charge in [-0.25, -0.2) is 0 Å². The Kier molecular flexibility index (Phi) is 2.43. The van der Waals surface area contributed by atoms with E-state index in [2.05, 4.69) is 25.1 Å². The molecule has 0 saturated carbocycles. The SMILES string of the molecule is C[C@]1(O)CCC2CSc3n[nH]c4nc(N)nc(c34)N2C1. The number of thioether (sulfide) groups is 1. The van der Waals surface area contributed by atoms with Gasteiger partial charge in [-0.15, -0.1) is 11.8 Å². The largest absolute Gasteiger partial charge is 0.388 e. The van der Waals surface area contributed by atoms with Crippen LogP contribution in [0.4, 0.5) is 11.8 Å². The quantitative estimate of drug-likeness (QED) is 0.658. The predicted octanol–water partition coefficient (Wildman–Crippen LogP) is 0.761. The van der Waals surface area contributed by atoms with Gasteiger partial charge in [-0.3, -0.25) is 5.10 Å². The number of rotatable bonds is 0. The Morgan fingerprint density at radius 1 is 1.50 bits per heavy atom. The Balaban J connectivity index is 1.92. The van der Waals surface area contributed by atoms with Gasteiger partial charge in [-0.1, -0.05) is 0 Å². The normalized spacial score (nSPS) is 29.3. The molecule has 1 saturated heterocycles. The van der Waals surface area contributed by atoms with Gasteiger partial charge in [0.2, 0.25) is 5.95 Å². The van der Waals surface area contributed by atoms with Crippen LogP contribution >= 0.6 is 11.8 Å². The summed E-state index contributed by atoms with van der Waals surface area (Å²) in [6.07, 6.45) is 1.75. The number of fused-ring (bicyclic) bond motifs is 2. The Morgan fingerprint density at radius 3 is 3.20 bits per heavy atom. The van der Waals surface area contributed by atoms with E-state index in [4.69, 9.17) is 5.73 Å². The fourth-order valence-corrected chi connectivity index (χ4v) is 4.16. The Bertz CT molecular complexity index is 684. The van der Waals surface area contributed by atoms with Crippen LogP contribution < -0.4 is 10.6 Å². The van der Waals surface area contributed by atoms with E-state index in [1.165, 1.54) is 0 Å². The summed E-state index contributed by atoms with van der Waals surface area (Å²) < 4.78 is 0. The number of nitrogens with two attached hydrogens (primary N) is 1. The molecule has 4 rings (SSSR count). The van der Waals surface area contributed by atoms with Crippen molar-refractivity contribution in [1.29, 1.82) is 0 Å². The topological polar surface area (TPSA) is 104 Å². The van der Waals surface area contributed by atoms with Crippen molar-refractivity contribution in [2.45, 2.75) is 36.4 Å². The molecule has 7 nitrogen and oxygen atoms in total. The number of nitrogens with zero attached hydrogens (tertiary/aromatic N) is 4. The fourth-order valence-electron chi connectivity index (χ4n) is 3.02. The Hall–Kier alpha value is -1.54. The molecular weight excluding hydrogens is 276 g/mol. The van der Waals surface area contributed by atoms with Crippen molar-refractivity contribution < 1.29 is 5.11 Å². The van der Waals surface area contributed by atoms with Crippen LogP contribution in [-0.2, 0) is 0 Å². The molecule has 1 unspecified atom stereocenters. The van der Waals surface area contributed by atoms with Crippen molar-refractivity contribution >= 4 is 34.6 Å². The molecule has 2 aromatic rings. The Labute approximate surface area is 120 Å². The summed E-state index contributed by atoms with van der Waals surface area (Å²) in [4.78, 5) is 10.8. The van der Waals surface area contributed by atoms with Crippen molar-refractivity contribution in [3.05, 3.63) is 0 Å². The van der Waals surface area contributed by atoms with Crippen LogP contribution in [0.1, 0.15) is 19.8 Å². The molecule has 2 aliphatic heterocycles. The van der Waals surface area contributed by atoms with Gasteiger partial charge < -0.3 is 15.7 Å². The van der Waals surface area contributed by atoms with Crippen LogP contribution in [-0.4, -0.2) is 49.2 Å². The van der Waals surface area contributed by atoms with Gasteiger partial charge in [-0.05, 0) is 19.8 Å². The maximum absolute atomic E-state index is 10.4. The van der Waals surface area contributed by atoms with Crippen LogP contribution in [0.3, 0.4) is 0 Å². The van der Waals surface area contributed by atoms with E-state index in [0.717, 1.165) is 34.8 Å². The van der Waals surface area contributed by atoms with Crippen molar-refractivity contribution in [2.75, 3.05) is 22.9 Å². The molecule has 1 fully saturated rings. The zero-order valence-corrected chi connectivity index (χ0v) is 11.9. The van der Waals surface area contributed by atoms with Crippen LogP contribution in [0.25, 0.3) is 11.0 Å². The molecule has 0 spiro atoms. The predicted molar refractivity (Wildman–Crippen MR) is 77.8 cm³/mol. The minimum Gasteiger partial charge on any atom is -0.388 e. The average molecular weight is 292 g/mol. The van der Waals surface area contributed by atoms with Gasteiger partial charge in [0, 0.05) is 18.3 Å². The number of hydrogen-bond acceptors (Lipinski definition) is 7. The maximum Gasteiger partial charge on any atom is 0.224 e. The van der Waals surface area contributed by atoms with E-state index >= 15 is 0 Å². The fraction of sp³-hybridized carbons (Fsp3) is 0.583. The Morgan fingerprint density at radius 2 is 2.35 bits per heavy atom. The number of nitrogens with one attached hydrogen (secondary N) is 1. The van der Waals surface area contributed by atoms with Gasteiger partial charge in [0.25, 0.3) is 0 Å². The second-order valence-electron chi connectivity index (χ2n) is 5.79. The summed E-state index contributed by atoms with van der Waals surface area (Å²) in [6, 6.07) is 0.354. The van der Waals surface area contributed by atoms with Gasteiger partial charge >= 0.3 is 0 Å². The molecule has 20 heavy (non-hydrogen) atoms. The third kappa shape index (κ3) is 1.75. The summed E-state index contributed by atoms with van der Waals surface area (Å²) in [7, 11) is 0. The molecular formula is C12H16N6OS. The van der Waals surface area contributed by atoms with E-state index in [9.17, 15) is 5.11 Å². The zero-order chi connectivity index (χ0) is 13.9.